The van der Waals surface area contributed by atoms with Crippen LogP contribution in [0.1, 0.15) is 51.6 Å². The Kier molecular flexibility index (Phi) is 5.70. The SMILES string of the molecule is CCOC1CC(N)(C(=O)NCC(c2ccccc2)N2CCCC2)C1(C)C. The molecule has 5 nitrogen and oxygen atoms in total. The van der Waals surface area contributed by atoms with E-state index >= 15 is 0 Å². The van der Waals surface area contributed by atoms with E-state index in [-0.39, 0.29) is 23.5 Å². The van der Waals surface area contributed by atoms with Crippen LogP contribution in [-0.4, -0.2) is 48.7 Å². The normalized spacial score (nSPS) is 29.2. The largest absolute Gasteiger partial charge is 0.378 e. The van der Waals surface area contributed by atoms with Gasteiger partial charge in [0, 0.05) is 25.0 Å². The van der Waals surface area contributed by atoms with E-state index in [9.17, 15) is 4.79 Å². The molecule has 2 fully saturated rings. The Balaban J connectivity index is 1.66. The van der Waals surface area contributed by atoms with Crippen molar-refractivity contribution in [3.05, 3.63) is 35.9 Å². The van der Waals surface area contributed by atoms with Gasteiger partial charge in [0.25, 0.3) is 0 Å². The van der Waals surface area contributed by atoms with E-state index in [4.69, 9.17) is 10.5 Å². The zero-order chi connectivity index (χ0) is 18.8. The number of carbonyl (C=O) groups excluding carboxylic acids is 1. The Morgan fingerprint density at radius 2 is 1.96 bits per heavy atom. The third-order valence-electron chi connectivity index (χ3n) is 6.46. The van der Waals surface area contributed by atoms with Gasteiger partial charge in [0.2, 0.25) is 5.91 Å². The Morgan fingerprint density at radius 3 is 2.54 bits per heavy atom. The summed E-state index contributed by atoms with van der Waals surface area (Å²) in [6.45, 7) is 9.46. The van der Waals surface area contributed by atoms with Crippen LogP contribution in [0.15, 0.2) is 30.3 Å². The number of likely N-dealkylation sites (tertiary alicyclic amines) is 1. The van der Waals surface area contributed by atoms with Gasteiger partial charge in [-0.3, -0.25) is 9.69 Å². The van der Waals surface area contributed by atoms with Crippen LogP contribution >= 0.6 is 0 Å². The minimum atomic E-state index is -0.862. The van der Waals surface area contributed by atoms with Crippen LogP contribution in [0.2, 0.25) is 0 Å². The van der Waals surface area contributed by atoms with Crippen molar-refractivity contribution in [1.29, 1.82) is 0 Å². The number of carbonyl (C=O) groups is 1. The highest BCUT2D eigenvalue weighted by Crippen LogP contribution is 2.49. The molecule has 1 aromatic carbocycles. The number of hydrogen-bond donors (Lipinski definition) is 2. The molecular weight excluding hydrogens is 326 g/mol. The van der Waals surface area contributed by atoms with Crippen molar-refractivity contribution in [2.45, 2.75) is 57.7 Å². The zero-order valence-electron chi connectivity index (χ0n) is 16.3. The molecule has 0 bridgehead atoms. The maximum absolute atomic E-state index is 13.0. The van der Waals surface area contributed by atoms with Gasteiger partial charge < -0.3 is 15.8 Å². The van der Waals surface area contributed by atoms with Crippen LogP contribution in [0.5, 0.6) is 0 Å². The average molecular weight is 360 g/mol. The second kappa shape index (κ2) is 7.67. The molecule has 3 N–H and O–H groups in total. The minimum absolute atomic E-state index is 0.0479. The van der Waals surface area contributed by atoms with Gasteiger partial charge in [-0.25, -0.2) is 0 Å². The Morgan fingerprint density at radius 1 is 1.31 bits per heavy atom. The Hall–Kier alpha value is -1.43. The summed E-state index contributed by atoms with van der Waals surface area (Å²) in [6, 6.07) is 10.6. The molecule has 3 atom stereocenters. The van der Waals surface area contributed by atoms with E-state index in [1.807, 2.05) is 26.8 Å². The van der Waals surface area contributed by atoms with Crippen molar-refractivity contribution in [1.82, 2.24) is 10.2 Å². The second-order valence-corrected chi connectivity index (χ2v) is 8.22. The van der Waals surface area contributed by atoms with Gasteiger partial charge in [0.05, 0.1) is 12.1 Å². The van der Waals surface area contributed by atoms with Crippen molar-refractivity contribution in [3.63, 3.8) is 0 Å². The molecule has 1 aliphatic carbocycles. The lowest BCUT2D eigenvalue weighted by Gasteiger charge is -2.57. The number of nitrogens with zero attached hydrogens (tertiary/aromatic N) is 1. The van der Waals surface area contributed by atoms with E-state index in [1.165, 1.54) is 18.4 Å². The molecule has 1 aliphatic heterocycles. The lowest BCUT2D eigenvalue weighted by Crippen LogP contribution is -2.76. The molecule has 0 spiro atoms. The zero-order valence-corrected chi connectivity index (χ0v) is 16.3. The highest BCUT2D eigenvalue weighted by Gasteiger charge is 2.62. The molecule has 144 valence electrons. The van der Waals surface area contributed by atoms with Gasteiger partial charge in [-0.05, 0) is 38.4 Å². The molecule has 1 saturated carbocycles. The number of nitrogens with one attached hydrogen (secondary N) is 1. The molecular formula is C21H33N3O2. The van der Waals surface area contributed by atoms with Crippen molar-refractivity contribution in [2.75, 3.05) is 26.2 Å². The quantitative estimate of drug-likeness (QED) is 0.785. The fourth-order valence-electron chi connectivity index (χ4n) is 4.35. The van der Waals surface area contributed by atoms with Crippen LogP contribution in [0.3, 0.4) is 0 Å². The van der Waals surface area contributed by atoms with Crippen LogP contribution < -0.4 is 11.1 Å². The third kappa shape index (κ3) is 3.40. The van der Waals surface area contributed by atoms with Gasteiger partial charge in [0.1, 0.15) is 5.54 Å². The van der Waals surface area contributed by atoms with E-state index < -0.39 is 5.54 Å². The van der Waals surface area contributed by atoms with Gasteiger partial charge >= 0.3 is 0 Å². The summed E-state index contributed by atoms with van der Waals surface area (Å²) in [7, 11) is 0. The Labute approximate surface area is 157 Å². The molecule has 5 heteroatoms. The van der Waals surface area contributed by atoms with E-state index in [0.717, 1.165) is 13.1 Å². The lowest BCUT2D eigenvalue weighted by atomic mass is 9.54. The Bertz CT molecular complexity index is 613. The first-order chi connectivity index (χ1) is 12.4. The monoisotopic (exact) mass is 359 g/mol. The highest BCUT2D eigenvalue weighted by molar-refractivity contribution is 5.88. The summed E-state index contributed by atoms with van der Waals surface area (Å²) in [4.78, 5) is 15.4. The predicted molar refractivity (Wildman–Crippen MR) is 104 cm³/mol. The molecule has 0 radical (unpaired) electrons. The van der Waals surface area contributed by atoms with Gasteiger partial charge in [-0.2, -0.15) is 0 Å². The van der Waals surface area contributed by atoms with Crippen molar-refractivity contribution >= 4 is 5.91 Å². The number of benzene rings is 1. The van der Waals surface area contributed by atoms with Crippen molar-refractivity contribution < 1.29 is 9.53 Å². The lowest BCUT2D eigenvalue weighted by molar-refractivity contribution is -0.170. The van der Waals surface area contributed by atoms with Gasteiger partial charge in [-0.1, -0.05) is 44.2 Å². The second-order valence-electron chi connectivity index (χ2n) is 8.22. The summed E-state index contributed by atoms with van der Waals surface area (Å²) >= 11 is 0. The molecule has 1 saturated heterocycles. The number of ether oxygens (including phenoxy) is 1. The first-order valence-corrected chi connectivity index (χ1v) is 9.88. The maximum atomic E-state index is 13.0. The average Bonchev–Trinajstić information content (AvgIpc) is 3.16. The number of nitrogens with two attached hydrogens (primary N) is 1. The van der Waals surface area contributed by atoms with Crippen LogP contribution in [0.25, 0.3) is 0 Å². The summed E-state index contributed by atoms with van der Waals surface area (Å²) in [5, 5.41) is 3.16. The van der Waals surface area contributed by atoms with E-state index in [2.05, 4.69) is 34.5 Å². The summed E-state index contributed by atoms with van der Waals surface area (Å²) in [6.07, 6.45) is 3.08. The smallest absolute Gasteiger partial charge is 0.240 e. The topological polar surface area (TPSA) is 67.6 Å². The summed E-state index contributed by atoms with van der Waals surface area (Å²) < 4.78 is 5.75. The van der Waals surface area contributed by atoms with Crippen molar-refractivity contribution in [2.24, 2.45) is 11.1 Å². The molecule has 1 aromatic rings. The van der Waals surface area contributed by atoms with Crippen molar-refractivity contribution in [3.8, 4) is 0 Å². The summed E-state index contributed by atoms with van der Waals surface area (Å²) in [5.74, 6) is -0.0569. The predicted octanol–water partition coefficient (Wildman–Crippen LogP) is 2.47. The van der Waals surface area contributed by atoms with E-state index in [1.54, 1.807) is 0 Å². The first kappa shape index (κ1) is 19.3. The molecule has 0 aromatic heterocycles. The molecule has 3 rings (SSSR count). The summed E-state index contributed by atoms with van der Waals surface area (Å²) in [5.41, 5.74) is 6.55. The van der Waals surface area contributed by atoms with E-state index in [0.29, 0.717) is 19.6 Å². The molecule has 1 heterocycles. The minimum Gasteiger partial charge on any atom is -0.378 e. The number of rotatable bonds is 7. The first-order valence-electron chi connectivity index (χ1n) is 9.88. The highest BCUT2D eigenvalue weighted by atomic mass is 16.5. The number of hydrogen-bond acceptors (Lipinski definition) is 4. The molecule has 26 heavy (non-hydrogen) atoms. The number of amides is 1. The maximum Gasteiger partial charge on any atom is 0.240 e. The van der Waals surface area contributed by atoms with Gasteiger partial charge in [-0.15, -0.1) is 0 Å². The van der Waals surface area contributed by atoms with Crippen LogP contribution in [0.4, 0.5) is 0 Å². The third-order valence-corrected chi connectivity index (χ3v) is 6.46. The van der Waals surface area contributed by atoms with Gasteiger partial charge in [0.15, 0.2) is 0 Å². The standard InChI is InChI=1S/C21H33N3O2/c1-4-26-18-14-21(22,20(18,2)3)19(25)23-15-17(24-12-8-9-13-24)16-10-6-5-7-11-16/h5-7,10-11,17-18H,4,8-9,12-15,22H2,1-3H3,(H,23,25). The van der Waals surface area contributed by atoms with Crippen LogP contribution in [-0.2, 0) is 9.53 Å². The molecule has 2 aliphatic rings. The van der Waals surface area contributed by atoms with Crippen LogP contribution in [0, 0.1) is 5.41 Å². The fourth-order valence-corrected chi connectivity index (χ4v) is 4.35. The molecule has 3 unspecified atom stereocenters. The molecule has 1 amide bonds. The fraction of sp³-hybridized carbons (Fsp3) is 0.667.